The van der Waals surface area contributed by atoms with Gasteiger partial charge in [-0.15, -0.1) is 11.8 Å². The van der Waals surface area contributed by atoms with Crippen LogP contribution in [0.25, 0.3) is 0 Å². The largest absolute Gasteiger partial charge is 0.481 e. The fourth-order valence-electron chi connectivity index (χ4n) is 2.97. The summed E-state index contributed by atoms with van der Waals surface area (Å²) in [5.74, 6) is -0.0940. The molecule has 1 aromatic rings. The van der Waals surface area contributed by atoms with Crippen LogP contribution in [0.5, 0.6) is 0 Å². The molecule has 2 nitrogen and oxygen atoms in total. The number of thioether (sulfide) groups is 1. The summed E-state index contributed by atoms with van der Waals surface area (Å²) < 4.78 is 0. The van der Waals surface area contributed by atoms with Crippen LogP contribution in [0.4, 0.5) is 0 Å². The van der Waals surface area contributed by atoms with Gasteiger partial charge in [0.15, 0.2) is 0 Å². The minimum atomic E-state index is -0.622. The summed E-state index contributed by atoms with van der Waals surface area (Å²) >= 11 is 1.75. The molecule has 3 unspecified atom stereocenters. The smallest absolute Gasteiger partial charge is 0.307 e. The molecule has 0 saturated heterocycles. The highest BCUT2D eigenvalue weighted by Crippen LogP contribution is 2.41. The Morgan fingerprint density at radius 1 is 1.32 bits per heavy atom. The molecule has 0 radical (unpaired) electrons. The quantitative estimate of drug-likeness (QED) is 0.864. The molecule has 2 rings (SSSR count). The molecule has 104 valence electrons. The first-order valence-corrected chi connectivity index (χ1v) is 8.03. The summed E-state index contributed by atoms with van der Waals surface area (Å²) in [6.45, 7) is 2.21. The van der Waals surface area contributed by atoms with E-state index in [0.29, 0.717) is 5.92 Å². The third kappa shape index (κ3) is 4.00. The van der Waals surface area contributed by atoms with Crippen LogP contribution in [0.15, 0.2) is 35.2 Å². The van der Waals surface area contributed by atoms with E-state index in [2.05, 4.69) is 19.1 Å². The second kappa shape index (κ2) is 6.99. The van der Waals surface area contributed by atoms with Crippen LogP contribution >= 0.6 is 11.8 Å². The molecular weight excluding hydrogens is 256 g/mol. The number of hydrogen-bond acceptors (Lipinski definition) is 2. The lowest BCUT2D eigenvalue weighted by Crippen LogP contribution is -2.32. The van der Waals surface area contributed by atoms with E-state index >= 15 is 0 Å². The van der Waals surface area contributed by atoms with Gasteiger partial charge < -0.3 is 5.11 Å². The van der Waals surface area contributed by atoms with Gasteiger partial charge in [0.2, 0.25) is 0 Å². The number of hydrogen-bond donors (Lipinski definition) is 1. The van der Waals surface area contributed by atoms with E-state index in [1.807, 2.05) is 18.2 Å². The van der Waals surface area contributed by atoms with E-state index in [9.17, 15) is 9.90 Å². The van der Waals surface area contributed by atoms with Gasteiger partial charge in [-0.1, -0.05) is 38.0 Å². The Kier molecular flexibility index (Phi) is 5.32. The molecule has 0 amide bonds. The number of benzene rings is 1. The van der Waals surface area contributed by atoms with Crippen molar-refractivity contribution in [3.05, 3.63) is 30.3 Å². The second-order valence-corrected chi connectivity index (χ2v) is 6.69. The molecule has 1 aromatic carbocycles. The number of rotatable bonds is 5. The first-order chi connectivity index (χ1) is 9.20. The van der Waals surface area contributed by atoms with Gasteiger partial charge in [-0.05, 0) is 37.3 Å². The Hall–Kier alpha value is -0.960. The van der Waals surface area contributed by atoms with Crippen molar-refractivity contribution in [3.8, 4) is 0 Å². The molecule has 1 fully saturated rings. The average molecular weight is 278 g/mol. The normalized spacial score (nSPS) is 27.1. The topological polar surface area (TPSA) is 37.3 Å². The minimum Gasteiger partial charge on any atom is -0.481 e. The highest BCUT2D eigenvalue weighted by atomic mass is 32.2. The van der Waals surface area contributed by atoms with Crippen LogP contribution < -0.4 is 0 Å². The van der Waals surface area contributed by atoms with Crippen molar-refractivity contribution in [2.75, 3.05) is 0 Å². The van der Waals surface area contributed by atoms with E-state index in [4.69, 9.17) is 0 Å². The van der Waals surface area contributed by atoms with Gasteiger partial charge in [0.05, 0.1) is 5.92 Å². The summed E-state index contributed by atoms with van der Waals surface area (Å²) in [6, 6.07) is 10.2. The Bertz CT molecular complexity index is 404. The van der Waals surface area contributed by atoms with E-state index in [0.717, 1.165) is 19.3 Å². The van der Waals surface area contributed by atoms with Gasteiger partial charge in [-0.3, -0.25) is 4.79 Å². The fourth-order valence-corrected chi connectivity index (χ4v) is 4.42. The van der Waals surface area contributed by atoms with E-state index < -0.39 is 5.97 Å². The van der Waals surface area contributed by atoms with Crippen molar-refractivity contribution in [2.24, 2.45) is 11.8 Å². The third-order valence-electron chi connectivity index (χ3n) is 3.95. The summed E-state index contributed by atoms with van der Waals surface area (Å²) in [5, 5.41) is 9.62. The predicted molar refractivity (Wildman–Crippen MR) is 79.5 cm³/mol. The summed E-state index contributed by atoms with van der Waals surface area (Å²) in [6.07, 6.45) is 5.40. The van der Waals surface area contributed by atoms with Gasteiger partial charge in [0.1, 0.15) is 0 Å². The lowest BCUT2D eigenvalue weighted by Gasteiger charge is -2.33. The van der Waals surface area contributed by atoms with Crippen LogP contribution in [0.2, 0.25) is 0 Å². The first-order valence-electron chi connectivity index (χ1n) is 7.15. The molecule has 1 saturated carbocycles. The maximum absolute atomic E-state index is 11.4. The highest BCUT2D eigenvalue weighted by Gasteiger charge is 2.35. The summed E-state index contributed by atoms with van der Waals surface area (Å²) in [5.41, 5.74) is 0. The van der Waals surface area contributed by atoms with E-state index in [1.165, 1.54) is 17.7 Å². The zero-order valence-corrected chi connectivity index (χ0v) is 12.2. The lowest BCUT2D eigenvalue weighted by atomic mass is 9.80. The van der Waals surface area contributed by atoms with Gasteiger partial charge in [0, 0.05) is 10.1 Å². The Balaban J connectivity index is 2.05. The average Bonchev–Trinajstić information content (AvgIpc) is 2.40. The van der Waals surface area contributed by atoms with Crippen molar-refractivity contribution >= 4 is 17.7 Å². The van der Waals surface area contributed by atoms with Crippen molar-refractivity contribution in [2.45, 2.75) is 49.2 Å². The highest BCUT2D eigenvalue weighted by molar-refractivity contribution is 8.00. The van der Waals surface area contributed by atoms with E-state index in [1.54, 1.807) is 11.8 Å². The Morgan fingerprint density at radius 2 is 2.05 bits per heavy atom. The summed E-state index contributed by atoms with van der Waals surface area (Å²) in [4.78, 5) is 12.6. The molecule has 1 aliphatic carbocycles. The molecule has 0 aliphatic heterocycles. The first kappa shape index (κ1) is 14.4. The van der Waals surface area contributed by atoms with Crippen LogP contribution in [0.1, 0.15) is 39.0 Å². The van der Waals surface area contributed by atoms with Crippen LogP contribution in [-0.4, -0.2) is 16.3 Å². The molecule has 3 atom stereocenters. The molecule has 1 aliphatic rings. The van der Waals surface area contributed by atoms with Crippen molar-refractivity contribution in [1.29, 1.82) is 0 Å². The number of carboxylic acids is 1. The second-order valence-electron chi connectivity index (χ2n) is 5.38. The SMILES string of the molecule is CCCC1CCC(C(=O)O)C(Sc2ccccc2)C1. The third-order valence-corrected chi connectivity index (χ3v) is 5.31. The number of aliphatic carboxylic acids is 1. The van der Waals surface area contributed by atoms with Gasteiger partial charge in [0.25, 0.3) is 0 Å². The monoisotopic (exact) mass is 278 g/mol. The van der Waals surface area contributed by atoms with Gasteiger partial charge >= 0.3 is 5.97 Å². The number of carbonyl (C=O) groups is 1. The maximum atomic E-state index is 11.4. The molecule has 0 bridgehead atoms. The molecule has 0 aromatic heterocycles. The predicted octanol–water partition coefficient (Wildman–Crippen LogP) is 4.45. The Morgan fingerprint density at radius 3 is 2.68 bits per heavy atom. The van der Waals surface area contributed by atoms with Gasteiger partial charge in [-0.2, -0.15) is 0 Å². The van der Waals surface area contributed by atoms with E-state index in [-0.39, 0.29) is 11.2 Å². The van der Waals surface area contributed by atoms with Crippen molar-refractivity contribution in [3.63, 3.8) is 0 Å². The van der Waals surface area contributed by atoms with Crippen LogP contribution in [0, 0.1) is 11.8 Å². The van der Waals surface area contributed by atoms with Crippen LogP contribution in [-0.2, 0) is 4.79 Å². The standard InChI is InChI=1S/C16H22O2S/c1-2-6-12-9-10-14(16(17)18)15(11-12)19-13-7-4-3-5-8-13/h3-5,7-8,12,14-15H,2,6,9-11H2,1H3,(H,17,18). The minimum absolute atomic E-state index is 0.182. The molecule has 0 spiro atoms. The van der Waals surface area contributed by atoms with Crippen molar-refractivity contribution in [1.82, 2.24) is 0 Å². The maximum Gasteiger partial charge on any atom is 0.307 e. The molecular formula is C16H22O2S. The molecule has 1 N–H and O–H groups in total. The Labute approximate surface area is 119 Å². The van der Waals surface area contributed by atoms with Crippen LogP contribution in [0.3, 0.4) is 0 Å². The molecule has 19 heavy (non-hydrogen) atoms. The van der Waals surface area contributed by atoms with Gasteiger partial charge in [-0.25, -0.2) is 0 Å². The molecule has 0 heterocycles. The lowest BCUT2D eigenvalue weighted by molar-refractivity contribution is -0.142. The molecule has 3 heteroatoms. The van der Waals surface area contributed by atoms with Crippen molar-refractivity contribution < 1.29 is 9.90 Å². The zero-order chi connectivity index (χ0) is 13.7. The fraction of sp³-hybridized carbons (Fsp3) is 0.562. The zero-order valence-electron chi connectivity index (χ0n) is 11.4. The number of carboxylic acid groups (broad SMARTS) is 1. The summed E-state index contributed by atoms with van der Waals surface area (Å²) in [7, 11) is 0.